The molecule has 3 rings (SSSR count). The van der Waals surface area contributed by atoms with E-state index in [9.17, 15) is 4.79 Å². The average molecular weight is 312 g/mol. The SMILES string of the molecule is CC1CC2CC(CNc3ccc(C#N)cn3)C(=O)NC2CC1C. The molecule has 5 heteroatoms. The van der Waals surface area contributed by atoms with Gasteiger partial charge in [-0.1, -0.05) is 13.8 Å². The summed E-state index contributed by atoms with van der Waals surface area (Å²) in [5.74, 6) is 2.89. The molecule has 2 aliphatic rings. The highest BCUT2D eigenvalue weighted by molar-refractivity contribution is 5.80. The maximum absolute atomic E-state index is 12.3. The molecule has 1 amide bonds. The molecule has 0 aromatic carbocycles. The van der Waals surface area contributed by atoms with E-state index in [-0.39, 0.29) is 11.8 Å². The number of hydrogen-bond acceptors (Lipinski definition) is 4. The van der Waals surface area contributed by atoms with Crippen LogP contribution in [0.25, 0.3) is 0 Å². The Morgan fingerprint density at radius 2 is 2.09 bits per heavy atom. The summed E-state index contributed by atoms with van der Waals surface area (Å²) >= 11 is 0. The predicted octanol–water partition coefficient (Wildman–Crippen LogP) is 2.55. The fraction of sp³-hybridized carbons (Fsp3) is 0.611. The Kier molecular flexibility index (Phi) is 4.51. The van der Waals surface area contributed by atoms with Crippen molar-refractivity contribution < 1.29 is 4.79 Å². The molecule has 1 saturated carbocycles. The van der Waals surface area contributed by atoms with Crippen LogP contribution in [0.5, 0.6) is 0 Å². The van der Waals surface area contributed by atoms with Gasteiger partial charge in [0, 0.05) is 18.8 Å². The molecule has 122 valence electrons. The highest BCUT2D eigenvalue weighted by Gasteiger charge is 2.40. The molecule has 0 radical (unpaired) electrons. The van der Waals surface area contributed by atoms with Crippen molar-refractivity contribution in [1.82, 2.24) is 10.3 Å². The Balaban J connectivity index is 1.58. The third-order valence-electron chi connectivity index (χ3n) is 5.55. The fourth-order valence-electron chi connectivity index (χ4n) is 3.88. The minimum Gasteiger partial charge on any atom is -0.369 e. The average Bonchev–Trinajstić information content (AvgIpc) is 2.55. The third-order valence-corrected chi connectivity index (χ3v) is 5.55. The van der Waals surface area contributed by atoms with Gasteiger partial charge in [-0.15, -0.1) is 0 Å². The number of carbonyl (C=O) groups excluding carboxylic acids is 1. The molecule has 2 heterocycles. The number of hydrogen-bond donors (Lipinski definition) is 2. The number of piperidine rings is 1. The van der Waals surface area contributed by atoms with Crippen molar-refractivity contribution in [2.24, 2.45) is 23.7 Å². The lowest BCUT2D eigenvalue weighted by atomic mass is 9.68. The van der Waals surface area contributed by atoms with Crippen LogP contribution in [0.2, 0.25) is 0 Å². The molecular weight excluding hydrogens is 288 g/mol. The van der Waals surface area contributed by atoms with Crippen LogP contribution in [0, 0.1) is 35.0 Å². The number of nitriles is 1. The summed E-state index contributed by atoms with van der Waals surface area (Å²) < 4.78 is 0. The molecule has 0 spiro atoms. The van der Waals surface area contributed by atoms with Crippen molar-refractivity contribution in [2.45, 2.75) is 39.2 Å². The van der Waals surface area contributed by atoms with Crippen LogP contribution in [0.15, 0.2) is 18.3 Å². The second-order valence-electron chi connectivity index (χ2n) is 7.16. The summed E-state index contributed by atoms with van der Waals surface area (Å²) in [4.78, 5) is 16.5. The summed E-state index contributed by atoms with van der Waals surface area (Å²) in [6.45, 7) is 5.21. The van der Waals surface area contributed by atoms with E-state index in [4.69, 9.17) is 5.26 Å². The number of fused-ring (bicyclic) bond motifs is 1. The third kappa shape index (κ3) is 3.47. The van der Waals surface area contributed by atoms with Gasteiger partial charge in [-0.05, 0) is 49.1 Å². The molecule has 1 aliphatic carbocycles. The van der Waals surface area contributed by atoms with E-state index in [1.807, 2.05) is 0 Å². The Morgan fingerprint density at radius 3 is 2.78 bits per heavy atom. The highest BCUT2D eigenvalue weighted by Crippen LogP contribution is 2.39. The molecule has 2 N–H and O–H groups in total. The van der Waals surface area contributed by atoms with E-state index in [0.717, 1.165) is 18.8 Å². The van der Waals surface area contributed by atoms with Gasteiger partial charge in [0.25, 0.3) is 0 Å². The van der Waals surface area contributed by atoms with Crippen molar-refractivity contribution in [1.29, 1.82) is 5.26 Å². The number of nitrogens with zero attached hydrogens (tertiary/aromatic N) is 2. The minimum absolute atomic E-state index is 0.00528. The van der Waals surface area contributed by atoms with Gasteiger partial charge in [-0.3, -0.25) is 4.79 Å². The van der Waals surface area contributed by atoms with Crippen molar-refractivity contribution in [2.75, 3.05) is 11.9 Å². The molecule has 0 bridgehead atoms. The van der Waals surface area contributed by atoms with Crippen LogP contribution in [-0.4, -0.2) is 23.5 Å². The van der Waals surface area contributed by atoms with Gasteiger partial charge in [-0.2, -0.15) is 5.26 Å². The Labute approximate surface area is 137 Å². The number of rotatable bonds is 3. The molecule has 1 aromatic heterocycles. The maximum Gasteiger partial charge on any atom is 0.225 e. The largest absolute Gasteiger partial charge is 0.369 e. The van der Waals surface area contributed by atoms with Crippen molar-refractivity contribution in [3.05, 3.63) is 23.9 Å². The van der Waals surface area contributed by atoms with Gasteiger partial charge >= 0.3 is 0 Å². The zero-order chi connectivity index (χ0) is 16.4. The molecule has 5 nitrogen and oxygen atoms in total. The number of amides is 1. The number of pyridine rings is 1. The summed E-state index contributed by atoms with van der Waals surface area (Å²) in [5.41, 5.74) is 0.541. The number of aromatic nitrogens is 1. The molecular formula is C18H24N4O. The van der Waals surface area contributed by atoms with Crippen LogP contribution < -0.4 is 10.6 Å². The monoisotopic (exact) mass is 312 g/mol. The van der Waals surface area contributed by atoms with Crippen molar-refractivity contribution >= 4 is 11.7 Å². The minimum atomic E-state index is -0.00528. The van der Waals surface area contributed by atoms with Crippen LogP contribution in [-0.2, 0) is 4.79 Å². The summed E-state index contributed by atoms with van der Waals surface area (Å²) in [6, 6.07) is 5.93. The molecule has 1 aromatic rings. The lowest BCUT2D eigenvalue weighted by Gasteiger charge is -2.44. The summed E-state index contributed by atoms with van der Waals surface area (Å²) in [7, 11) is 0. The highest BCUT2D eigenvalue weighted by atomic mass is 16.2. The Hall–Kier alpha value is -2.09. The van der Waals surface area contributed by atoms with E-state index in [1.165, 1.54) is 6.42 Å². The van der Waals surface area contributed by atoms with Crippen LogP contribution >= 0.6 is 0 Å². The lowest BCUT2D eigenvalue weighted by molar-refractivity contribution is -0.130. The second-order valence-corrected chi connectivity index (χ2v) is 7.16. The first-order chi connectivity index (χ1) is 11.1. The predicted molar refractivity (Wildman–Crippen MR) is 88.5 cm³/mol. The van der Waals surface area contributed by atoms with E-state index in [2.05, 4.69) is 35.5 Å². The molecule has 23 heavy (non-hydrogen) atoms. The zero-order valence-corrected chi connectivity index (χ0v) is 13.7. The molecule has 1 saturated heterocycles. The normalized spacial score (nSPS) is 33.3. The van der Waals surface area contributed by atoms with Crippen molar-refractivity contribution in [3.63, 3.8) is 0 Å². The van der Waals surface area contributed by atoms with Gasteiger partial charge in [0.1, 0.15) is 11.9 Å². The van der Waals surface area contributed by atoms with Gasteiger partial charge in [0.2, 0.25) is 5.91 Å². The lowest BCUT2D eigenvalue weighted by Crippen LogP contribution is -2.54. The van der Waals surface area contributed by atoms with Crippen LogP contribution in [0.1, 0.15) is 38.7 Å². The first-order valence-electron chi connectivity index (χ1n) is 8.47. The summed E-state index contributed by atoms with van der Waals surface area (Å²) in [6.07, 6.45) is 4.81. The maximum atomic E-state index is 12.3. The van der Waals surface area contributed by atoms with Crippen LogP contribution in [0.4, 0.5) is 5.82 Å². The standard InChI is InChI=1S/C18H24N4O/c1-11-5-14-7-15(18(23)22-16(14)6-12(11)2)10-21-17-4-3-13(8-19)9-20-17/h3-4,9,11-12,14-16H,5-7,10H2,1-2H3,(H,20,21)(H,22,23). The van der Waals surface area contributed by atoms with E-state index >= 15 is 0 Å². The Bertz CT molecular complexity index is 606. The number of carbonyl (C=O) groups is 1. The van der Waals surface area contributed by atoms with Gasteiger partial charge in [0.15, 0.2) is 0 Å². The number of nitrogens with one attached hydrogen (secondary N) is 2. The van der Waals surface area contributed by atoms with E-state index in [1.54, 1.807) is 18.3 Å². The van der Waals surface area contributed by atoms with Crippen LogP contribution in [0.3, 0.4) is 0 Å². The van der Waals surface area contributed by atoms with Gasteiger partial charge in [0.05, 0.1) is 11.5 Å². The van der Waals surface area contributed by atoms with Crippen molar-refractivity contribution in [3.8, 4) is 6.07 Å². The van der Waals surface area contributed by atoms with Gasteiger partial charge in [-0.25, -0.2) is 4.98 Å². The fourth-order valence-corrected chi connectivity index (χ4v) is 3.88. The summed E-state index contributed by atoms with van der Waals surface area (Å²) in [5, 5.41) is 15.2. The number of anilines is 1. The zero-order valence-electron chi connectivity index (χ0n) is 13.7. The topological polar surface area (TPSA) is 77.8 Å². The first-order valence-corrected chi connectivity index (χ1v) is 8.47. The van der Waals surface area contributed by atoms with E-state index < -0.39 is 0 Å². The molecule has 5 atom stereocenters. The molecule has 1 aliphatic heterocycles. The molecule has 2 fully saturated rings. The molecule has 5 unspecified atom stereocenters. The quantitative estimate of drug-likeness (QED) is 0.899. The second kappa shape index (κ2) is 6.57. The first kappa shape index (κ1) is 15.8. The Morgan fingerprint density at radius 1 is 1.30 bits per heavy atom. The van der Waals surface area contributed by atoms with E-state index in [0.29, 0.717) is 35.8 Å². The smallest absolute Gasteiger partial charge is 0.225 e. The van der Waals surface area contributed by atoms with Gasteiger partial charge < -0.3 is 10.6 Å².